The van der Waals surface area contributed by atoms with Gasteiger partial charge in [0.1, 0.15) is 0 Å². The lowest BCUT2D eigenvalue weighted by Crippen LogP contribution is -2.25. The molecule has 0 heterocycles. The Bertz CT molecular complexity index is 317. The quantitative estimate of drug-likeness (QED) is 0.389. The Labute approximate surface area is 160 Å². The summed E-state index contributed by atoms with van der Waals surface area (Å²) >= 11 is 0. The highest BCUT2D eigenvalue weighted by Crippen LogP contribution is 2.74. The van der Waals surface area contributed by atoms with E-state index in [9.17, 15) is 0 Å². The minimum atomic E-state index is 0.331. The molecule has 4 fully saturated rings. The van der Waals surface area contributed by atoms with Gasteiger partial charge in [0.15, 0.2) is 0 Å². The van der Waals surface area contributed by atoms with E-state index in [1.807, 2.05) is 0 Å². The van der Waals surface area contributed by atoms with Gasteiger partial charge >= 0.3 is 0 Å². The third-order valence-corrected chi connectivity index (χ3v) is 17.2. The molecule has 0 amide bonds. The Morgan fingerprint density at radius 3 is 0.960 bits per heavy atom. The summed E-state index contributed by atoms with van der Waals surface area (Å²) in [4.78, 5) is 0. The van der Waals surface area contributed by atoms with E-state index in [-0.39, 0.29) is 0 Å². The Kier molecular flexibility index (Phi) is 7.19. The fraction of sp³-hybridized carbons (Fsp3) is 1.00. The van der Waals surface area contributed by atoms with Gasteiger partial charge in [-0.2, -0.15) is 0 Å². The highest BCUT2D eigenvalue weighted by atomic mass is 31.2. The van der Waals surface area contributed by atoms with E-state index in [1.54, 1.807) is 109 Å². The third-order valence-electron chi connectivity index (χ3n) is 8.04. The van der Waals surface area contributed by atoms with Crippen molar-refractivity contribution in [3.05, 3.63) is 0 Å². The third kappa shape index (κ3) is 4.32. The first-order valence-electron chi connectivity index (χ1n) is 11.9. The van der Waals surface area contributed by atoms with E-state index in [4.69, 9.17) is 0 Å². The minimum absolute atomic E-state index is 0.331. The van der Waals surface area contributed by atoms with Crippen LogP contribution in [-0.4, -0.2) is 28.0 Å². The summed E-state index contributed by atoms with van der Waals surface area (Å²) < 4.78 is 0. The second kappa shape index (κ2) is 9.37. The average molecular weight is 381 g/mol. The first kappa shape index (κ1) is 19.2. The highest BCUT2D eigenvalue weighted by Gasteiger charge is 2.45. The maximum atomic E-state index is 2.61. The van der Waals surface area contributed by atoms with Gasteiger partial charge in [0.2, 0.25) is 0 Å². The molecular weight excluding hydrogens is 338 g/mol. The molecule has 4 saturated carbocycles. The first-order valence-corrected chi connectivity index (χ1v) is 15.0. The van der Waals surface area contributed by atoms with Crippen LogP contribution in [0.5, 0.6) is 0 Å². The van der Waals surface area contributed by atoms with E-state index in [0.29, 0.717) is 15.8 Å². The average Bonchev–Trinajstić information content (AvgIpc) is 3.44. The van der Waals surface area contributed by atoms with E-state index in [1.165, 1.54) is 28.0 Å². The Morgan fingerprint density at radius 2 is 0.760 bits per heavy atom. The van der Waals surface area contributed by atoms with E-state index < -0.39 is 0 Å². The van der Waals surface area contributed by atoms with E-state index in [2.05, 4.69) is 6.92 Å². The summed E-state index contributed by atoms with van der Waals surface area (Å²) in [5.41, 5.74) is 4.76. The van der Waals surface area contributed by atoms with Gasteiger partial charge in [-0.25, -0.2) is 0 Å². The van der Waals surface area contributed by atoms with Crippen molar-refractivity contribution in [3.63, 3.8) is 0 Å². The molecule has 0 nitrogen and oxygen atoms in total. The zero-order valence-corrected chi connectivity index (χ0v) is 18.6. The second-order valence-corrected chi connectivity index (χ2v) is 15.9. The van der Waals surface area contributed by atoms with Crippen LogP contribution in [-0.2, 0) is 0 Å². The van der Waals surface area contributed by atoms with Gasteiger partial charge in [0.05, 0.1) is 0 Å². The monoisotopic (exact) mass is 380 g/mol. The zero-order valence-electron chi connectivity index (χ0n) is 16.8. The highest BCUT2D eigenvalue weighted by molar-refractivity contribution is 7.77. The molecule has 0 spiro atoms. The largest absolute Gasteiger partial charge is 0.0927 e. The predicted molar refractivity (Wildman–Crippen MR) is 117 cm³/mol. The van der Waals surface area contributed by atoms with Gasteiger partial charge in [0, 0.05) is 5.40 Å². The summed E-state index contributed by atoms with van der Waals surface area (Å²) in [5, 5.41) is 1.21. The van der Waals surface area contributed by atoms with Crippen molar-refractivity contribution in [2.75, 3.05) is 0 Å². The molecule has 0 atom stereocenters. The van der Waals surface area contributed by atoms with Gasteiger partial charge < -0.3 is 0 Å². The Balaban J connectivity index is 1.59. The molecule has 0 aliphatic heterocycles. The zero-order chi connectivity index (χ0) is 17.1. The molecule has 4 aliphatic rings. The van der Waals surface area contributed by atoms with Crippen molar-refractivity contribution >= 4 is 15.8 Å². The molecule has 144 valence electrons. The molecule has 0 aromatic heterocycles. The molecule has 0 N–H and O–H groups in total. The normalized spacial score (nSPS) is 27.8. The molecule has 4 aliphatic carbocycles. The van der Waals surface area contributed by atoms with Crippen LogP contribution < -0.4 is 0 Å². The van der Waals surface area contributed by atoms with E-state index >= 15 is 0 Å². The summed E-state index contributed by atoms with van der Waals surface area (Å²) in [5.74, 6) is 0. The van der Waals surface area contributed by atoms with Crippen LogP contribution in [0.3, 0.4) is 0 Å². The predicted octanol–water partition coefficient (Wildman–Crippen LogP) is 8.46. The fourth-order valence-corrected chi connectivity index (χ4v) is 18.3. The van der Waals surface area contributed by atoms with Crippen LogP contribution >= 0.6 is 15.8 Å². The lowest BCUT2D eigenvalue weighted by Gasteiger charge is -2.46. The molecule has 0 aromatic rings. The molecule has 0 aromatic carbocycles. The first-order chi connectivity index (χ1) is 12.4. The van der Waals surface area contributed by atoms with E-state index in [0.717, 1.165) is 0 Å². The van der Waals surface area contributed by atoms with Crippen LogP contribution in [0, 0.1) is 0 Å². The SMILES string of the molecule is CCC(P(C1CCCC1)C1CCCC1)P(C1CCCC1)C1CCCC1. The van der Waals surface area contributed by atoms with Crippen molar-refractivity contribution in [2.45, 2.75) is 144 Å². The number of hydrogen-bond acceptors (Lipinski definition) is 0. The molecule has 4 rings (SSSR count). The lowest BCUT2D eigenvalue weighted by molar-refractivity contribution is 0.784. The van der Waals surface area contributed by atoms with Crippen LogP contribution in [0.2, 0.25) is 0 Å². The van der Waals surface area contributed by atoms with Crippen LogP contribution in [0.1, 0.15) is 116 Å². The lowest BCUT2D eigenvalue weighted by atomic mass is 10.3. The molecule has 0 unspecified atom stereocenters. The van der Waals surface area contributed by atoms with Crippen molar-refractivity contribution in [1.29, 1.82) is 0 Å². The molecule has 0 radical (unpaired) electrons. The molecule has 0 saturated heterocycles. The summed E-state index contributed by atoms with van der Waals surface area (Å²) in [6, 6.07) is 0. The van der Waals surface area contributed by atoms with Gasteiger partial charge in [-0.1, -0.05) is 74.1 Å². The second-order valence-electron chi connectivity index (χ2n) is 9.54. The van der Waals surface area contributed by atoms with Crippen LogP contribution in [0.25, 0.3) is 0 Å². The fourth-order valence-electron chi connectivity index (χ4n) is 6.95. The summed E-state index contributed by atoms with van der Waals surface area (Å²) in [6.07, 6.45) is 27.1. The summed E-state index contributed by atoms with van der Waals surface area (Å²) in [6.45, 7) is 2.61. The van der Waals surface area contributed by atoms with Crippen LogP contribution in [0.4, 0.5) is 0 Å². The maximum absolute atomic E-state index is 2.61. The number of hydrogen-bond donors (Lipinski definition) is 0. The van der Waals surface area contributed by atoms with Gasteiger partial charge in [0.25, 0.3) is 0 Å². The molecule has 2 heteroatoms. The van der Waals surface area contributed by atoms with Gasteiger partial charge in [-0.15, -0.1) is 0 Å². The van der Waals surface area contributed by atoms with Crippen molar-refractivity contribution < 1.29 is 0 Å². The van der Waals surface area contributed by atoms with Crippen molar-refractivity contribution in [3.8, 4) is 0 Å². The van der Waals surface area contributed by atoms with Gasteiger partial charge in [-0.05, 0) is 80.4 Å². The smallest absolute Gasteiger partial charge is 0.000148 e. The molecular formula is C23H42P2. The molecule has 0 bridgehead atoms. The Morgan fingerprint density at radius 1 is 0.520 bits per heavy atom. The number of rotatable bonds is 7. The minimum Gasteiger partial charge on any atom is -0.0927 e. The topological polar surface area (TPSA) is 0 Å². The molecule has 25 heavy (non-hydrogen) atoms. The van der Waals surface area contributed by atoms with Crippen molar-refractivity contribution in [2.24, 2.45) is 0 Å². The maximum Gasteiger partial charge on any atom is 0.000148 e. The Hall–Kier alpha value is 0.860. The van der Waals surface area contributed by atoms with Crippen molar-refractivity contribution in [1.82, 2.24) is 0 Å². The van der Waals surface area contributed by atoms with Gasteiger partial charge in [-0.3, -0.25) is 0 Å². The van der Waals surface area contributed by atoms with Crippen LogP contribution in [0.15, 0.2) is 0 Å². The summed E-state index contributed by atoms with van der Waals surface area (Å²) in [7, 11) is 0.662. The standard InChI is InChI=1S/C23H42P2/c1-2-23(24(19-11-3-4-12-19)20-13-5-6-14-20)25(21-15-7-8-16-21)22-17-9-10-18-22/h19-23H,2-18H2,1H3.